The Kier molecular flexibility index (Phi) is 5.68. The lowest BCUT2D eigenvalue weighted by Gasteiger charge is -2.45. The zero-order valence-electron chi connectivity index (χ0n) is 20.6. The molecule has 0 amide bonds. The molecule has 1 aliphatic carbocycles. The summed E-state index contributed by atoms with van der Waals surface area (Å²) in [7, 11) is 2.08. The molecule has 4 heterocycles. The van der Waals surface area contributed by atoms with Gasteiger partial charge in [-0.2, -0.15) is 0 Å². The van der Waals surface area contributed by atoms with Crippen molar-refractivity contribution in [1.29, 1.82) is 0 Å². The van der Waals surface area contributed by atoms with Crippen molar-refractivity contribution in [2.75, 3.05) is 39.9 Å². The summed E-state index contributed by atoms with van der Waals surface area (Å²) in [5, 5.41) is 7.79. The van der Waals surface area contributed by atoms with Crippen molar-refractivity contribution in [2.45, 2.75) is 39.8 Å². The van der Waals surface area contributed by atoms with E-state index < -0.39 is 5.97 Å². The monoisotopic (exact) mass is 466 g/mol. The molecule has 1 N–H and O–H groups in total. The molecule has 2 atom stereocenters. The molecule has 0 spiro atoms. The predicted octanol–water partition coefficient (Wildman–Crippen LogP) is 2.56. The van der Waals surface area contributed by atoms with E-state index in [2.05, 4.69) is 53.8 Å². The highest BCUT2D eigenvalue weighted by Gasteiger charge is 2.46. The number of aromatic nitrogens is 1. The number of hydrogen-bond donors (Lipinski definition) is 1. The standard InChI is InChI=1S/C26H34N4O4/c1-6-33-25(32)18-13-29-19(10-20(18)31)23-17-8-7-9-21(34-15-16-11-27-12-16)24(17)28(5)30(23)14-22(29)26(2,3)4/h7-10,13,16,22,24,27H,6,11-12,14-15H2,1-5H3. The molecule has 2 unspecified atom stereocenters. The van der Waals surface area contributed by atoms with E-state index in [9.17, 15) is 9.59 Å². The lowest BCUT2D eigenvalue weighted by atomic mass is 9.84. The third-order valence-corrected chi connectivity index (χ3v) is 7.24. The molecule has 34 heavy (non-hydrogen) atoms. The Morgan fingerprint density at radius 3 is 2.68 bits per heavy atom. The summed E-state index contributed by atoms with van der Waals surface area (Å²) in [6.07, 6.45) is 7.89. The number of ether oxygens (including phenoxy) is 2. The highest BCUT2D eigenvalue weighted by molar-refractivity contribution is 5.89. The Hall–Kier alpha value is -2.84. The first-order chi connectivity index (χ1) is 16.2. The fourth-order valence-corrected chi connectivity index (χ4v) is 5.23. The van der Waals surface area contributed by atoms with Gasteiger partial charge >= 0.3 is 5.97 Å². The molecule has 182 valence electrons. The summed E-state index contributed by atoms with van der Waals surface area (Å²) in [5.74, 6) is 0.903. The molecule has 8 heteroatoms. The van der Waals surface area contributed by atoms with E-state index in [1.165, 1.54) is 0 Å². The zero-order chi connectivity index (χ0) is 24.2. The van der Waals surface area contributed by atoms with Crippen molar-refractivity contribution in [2.24, 2.45) is 11.3 Å². The van der Waals surface area contributed by atoms with Crippen molar-refractivity contribution < 1.29 is 14.3 Å². The summed E-state index contributed by atoms with van der Waals surface area (Å²) >= 11 is 0. The van der Waals surface area contributed by atoms with Crippen LogP contribution in [0, 0.1) is 11.3 Å². The van der Waals surface area contributed by atoms with Crippen LogP contribution in [0.3, 0.4) is 0 Å². The van der Waals surface area contributed by atoms with Crippen molar-refractivity contribution in [3.05, 3.63) is 63.3 Å². The molecule has 4 aliphatic rings. The van der Waals surface area contributed by atoms with Crippen LogP contribution < -0.4 is 10.7 Å². The van der Waals surface area contributed by atoms with Crippen LogP contribution in [0.1, 0.15) is 49.8 Å². The van der Waals surface area contributed by atoms with Gasteiger partial charge in [-0.15, -0.1) is 0 Å². The van der Waals surface area contributed by atoms with Crippen LogP contribution in [-0.4, -0.2) is 66.5 Å². The number of hydrogen-bond acceptors (Lipinski definition) is 7. The van der Waals surface area contributed by atoms with Gasteiger partial charge < -0.3 is 24.4 Å². The second kappa shape index (κ2) is 8.43. The molecule has 8 nitrogen and oxygen atoms in total. The van der Waals surface area contributed by atoms with Gasteiger partial charge in [0.05, 0.1) is 37.2 Å². The number of nitrogens with one attached hydrogen (secondary N) is 1. The van der Waals surface area contributed by atoms with Gasteiger partial charge in [-0.25, -0.2) is 9.80 Å². The molecule has 0 bridgehead atoms. The molecular weight excluding hydrogens is 432 g/mol. The van der Waals surface area contributed by atoms with Gasteiger partial charge in [0.25, 0.3) is 0 Å². The molecule has 1 aromatic rings. The number of esters is 1. The van der Waals surface area contributed by atoms with Crippen LogP contribution in [0.2, 0.25) is 0 Å². The Bertz CT molecular complexity index is 1150. The molecule has 1 fully saturated rings. The Balaban J connectivity index is 1.60. The highest BCUT2D eigenvalue weighted by atomic mass is 16.5. The first-order valence-corrected chi connectivity index (χ1v) is 12.1. The number of likely N-dealkylation sites (N-methyl/N-ethyl adjacent to an activating group) is 1. The van der Waals surface area contributed by atoms with Gasteiger partial charge in [-0.05, 0) is 18.4 Å². The summed E-state index contributed by atoms with van der Waals surface area (Å²) < 4.78 is 13.6. The number of allylic oxidation sites excluding steroid dienone is 2. The maximum Gasteiger partial charge on any atom is 0.343 e. The Morgan fingerprint density at radius 1 is 1.26 bits per heavy atom. The van der Waals surface area contributed by atoms with E-state index in [0.29, 0.717) is 12.5 Å². The minimum absolute atomic E-state index is 0.0416. The summed E-state index contributed by atoms with van der Waals surface area (Å²) in [6.45, 7) is 11.9. The number of pyridine rings is 1. The van der Waals surface area contributed by atoms with E-state index in [1.807, 2.05) is 12.2 Å². The lowest BCUT2D eigenvalue weighted by Crippen LogP contribution is -2.49. The van der Waals surface area contributed by atoms with Gasteiger partial charge in [-0.1, -0.05) is 32.9 Å². The van der Waals surface area contributed by atoms with Crippen LogP contribution in [0.25, 0.3) is 5.70 Å². The molecular formula is C26H34N4O4. The maximum absolute atomic E-state index is 13.0. The van der Waals surface area contributed by atoms with Crippen LogP contribution in [-0.2, 0) is 9.47 Å². The van der Waals surface area contributed by atoms with Crippen LogP contribution in [0.15, 0.2) is 46.6 Å². The second-order valence-corrected chi connectivity index (χ2v) is 10.6. The van der Waals surface area contributed by atoms with Crippen LogP contribution >= 0.6 is 0 Å². The average molecular weight is 467 g/mol. The number of rotatable bonds is 5. The average Bonchev–Trinajstić information content (AvgIpc) is 3.04. The van der Waals surface area contributed by atoms with Gasteiger partial charge in [0.2, 0.25) is 0 Å². The highest BCUT2D eigenvalue weighted by Crippen LogP contribution is 2.47. The zero-order valence-corrected chi connectivity index (χ0v) is 20.6. The topological polar surface area (TPSA) is 76.0 Å². The molecule has 0 radical (unpaired) electrons. The van der Waals surface area contributed by atoms with Crippen LogP contribution in [0.5, 0.6) is 0 Å². The lowest BCUT2D eigenvalue weighted by molar-refractivity contribution is 0.00298. The summed E-state index contributed by atoms with van der Waals surface area (Å²) in [6, 6.07) is 1.60. The fourth-order valence-electron chi connectivity index (χ4n) is 5.23. The van der Waals surface area contributed by atoms with Gasteiger partial charge in [0.1, 0.15) is 17.4 Å². The number of nitrogens with zero attached hydrogens (tertiary/aromatic N) is 3. The first-order valence-electron chi connectivity index (χ1n) is 12.1. The number of carbonyl (C=O) groups excluding carboxylic acids is 1. The summed E-state index contributed by atoms with van der Waals surface area (Å²) in [5.41, 5.74) is 2.58. The molecule has 1 aromatic heterocycles. The second-order valence-electron chi connectivity index (χ2n) is 10.6. The predicted molar refractivity (Wildman–Crippen MR) is 130 cm³/mol. The van der Waals surface area contributed by atoms with E-state index in [1.54, 1.807) is 19.2 Å². The largest absolute Gasteiger partial charge is 0.495 e. The SMILES string of the molecule is CCOC(=O)c1cn2c(cc1=O)C1=C3C=CC=C(OCC4CNC4)C3N(C)N1CC2C(C)(C)C. The first kappa shape index (κ1) is 22.9. The smallest absolute Gasteiger partial charge is 0.343 e. The minimum atomic E-state index is -0.571. The molecule has 1 saturated heterocycles. The van der Waals surface area contributed by atoms with E-state index >= 15 is 0 Å². The number of fused-ring (bicyclic) bond motifs is 4. The van der Waals surface area contributed by atoms with E-state index in [0.717, 1.165) is 42.4 Å². The summed E-state index contributed by atoms with van der Waals surface area (Å²) in [4.78, 5) is 25.6. The van der Waals surface area contributed by atoms with Crippen LogP contribution in [0.4, 0.5) is 0 Å². The Labute approximate surface area is 200 Å². The van der Waals surface area contributed by atoms with Crippen molar-refractivity contribution in [3.63, 3.8) is 0 Å². The third-order valence-electron chi connectivity index (χ3n) is 7.24. The van der Waals surface area contributed by atoms with Crippen molar-refractivity contribution >= 4 is 11.7 Å². The van der Waals surface area contributed by atoms with Crippen molar-refractivity contribution in [1.82, 2.24) is 19.9 Å². The fraction of sp³-hybridized carbons (Fsp3) is 0.538. The maximum atomic E-state index is 13.0. The number of hydrazine groups is 1. The normalized spacial score (nSPS) is 24.3. The third kappa shape index (κ3) is 3.69. The van der Waals surface area contributed by atoms with Gasteiger partial charge in [0, 0.05) is 43.9 Å². The quantitative estimate of drug-likeness (QED) is 0.669. The van der Waals surface area contributed by atoms with Gasteiger partial charge in [0.15, 0.2) is 5.43 Å². The van der Waals surface area contributed by atoms with Gasteiger partial charge in [-0.3, -0.25) is 4.79 Å². The Morgan fingerprint density at radius 2 is 2.03 bits per heavy atom. The molecule has 3 aliphatic heterocycles. The molecule has 0 aromatic carbocycles. The molecule has 5 rings (SSSR count). The van der Waals surface area contributed by atoms with E-state index in [4.69, 9.17) is 9.47 Å². The van der Waals surface area contributed by atoms with E-state index in [-0.39, 0.29) is 35.1 Å². The minimum Gasteiger partial charge on any atom is -0.495 e. The molecule has 0 saturated carbocycles. The van der Waals surface area contributed by atoms with Crippen molar-refractivity contribution in [3.8, 4) is 0 Å². The number of carbonyl (C=O) groups is 1.